The minimum atomic E-state index is -0.338. The highest BCUT2D eigenvalue weighted by Crippen LogP contribution is 2.20. The fraction of sp³-hybridized carbons (Fsp3) is 0. The number of nitrogens with zero attached hydrogens (tertiary/aromatic N) is 4. The van der Waals surface area contributed by atoms with Crippen LogP contribution in [-0.2, 0) is 0 Å². The van der Waals surface area contributed by atoms with Crippen LogP contribution in [0.3, 0.4) is 0 Å². The molecule has 6 nitrogen and oxygen atoms in total. The maximum atomic E-state index is 12.1. The Morgan fingerprint density at radius 3 is 3.00 bits per heavy atom. The van der Waals surface area contributed by atoms with Gasteiger partial charge in [0, 0.05) is 24.0 Å². The molecular formula is C12H8ClN5OS. The summed E-state index contributed by atoms with van der Waals surface area (Å²) in [7, 11) is 0. The van der Waals surface area contributed by atoms with Crippen molar-refractivity contribution in [3.05, 3.63) is 52.5 Å². The topological polar surface area (TPSA) is 72.7 Å². The van der Waals surface area contributed by atoms with Gasteiger partial charge in [-0.25, -0.2) is 9.67 Å². The van der Waals surface area contributed by atoms with Gasteiger partial charge in [0.15, 0.2) is 4.47 Å². The Balaban J connectivity index is 1.90. The van der Waals surface area contributed by atoms with Gasteiger partial charge in [-0.2, -0.15) is 5.10 Å². The van der Waals surface area contributed by atoms with E-state index in [4.69, 9.17) is 11.6 Å². The van der Waals surface area contributed by atoms with Crippen molar-refractivity contribution in [2.24, 2.45) is 0 Å². The second kappa shape index (κ2) is 5.40. The number of anilines is 1. The predicted octanol–water partition coefficient (Wildman–Crippen LogP) is 2.63. The summed E-state index contributed by atoms with van der Waals surface area (Å²) in [5, 5.41) is 8.48. The Hall–Kier alpha value is -2.25. The van der Waals surface area contributed by atoms with E-state index in [1.54, 1.807) is 47.0 Å². The van der Waals surface area contributed by atoms with Gasteiger partial charge in [-0.1, -0.05) is 11.6 Å². The molecule has 0 aliphatic heterocycles. The van der Waals surface area contributed by atoms with Gasteiger partial charge >= 0.3 is 0 Å². The first kappa shape index (κ1) is 12.8. The molecule has 0 saturated carbocycles. The largest absolute Gasteiger partial charge is 0.317 e. The maximum absolute atomic E-state index is 12.1. The lowest BCUT2D eigenvalue weighted by Crippen LogP contribution is -2.14. The number of amides is 1. The first-order valence-electron chi connectivity index (χ1n) is 5.60. The molecule has 3 rings (SSSR count). The number of halogens is 1. The number of carbonyl (C=O) groups is 1. The first-order chi connectivity index (χ1) is 9.74. The van der Waals surface area contributed by atoms with Crippen LogP contribution in [0.1, 0.15) is 10.5 Å². The van der Waals surface area contributed by atoms with Gasteiger partial charge < -0.3 is 5.32 Å². The Kier molecular flexibility index (Phi) is 3.44. The molecule has 0 aliphatic rings. The molecule has 0 atom stereocenters. The Morgan fingerprint density at radius 1 is 1.40 bits per heavy atom. The van der Waals surface area contributed by atoms with E-state index >= 15 is 0 Å². The molecule has 0 radical (unpaired) electrons. The van der Waals surface area contributed by atoms with Gasteiger partial charge in [0.25, 0.3) is 5.91 Å². The van der Waals surface area contributed by atoms with Gasteiger partial charge in [-0.3, -0.25) is 9.78 Å². The van der Waals surface area contributed by atoms with Gasteiger partial charge in [0.1, 0.15) is 5.69 Å². The highest BCUT2D eigenvalue weighted by atomic mass is 35.5. The first-order valence-corrected chi connectivity index (χ1v) is 6.86. The average Bonchev–Trinajstić information content (AvgIpc) is 3.10. The third-order valence-corrected chi connectivity index (χ3v) is 3.48. The lowest BCUT2D eigenvalue weighted by molar-refractivity contribution is 0.102. The summed E-state index contributed by atoms with van der Waals surface area (Å²) in [6.07, 6.45) is 6.63. The van der Waals surface area contributed by atoms with Gasteiger partial charge in [-0.15, -0.1) is 11.3 Å². The highest BCUT2D eigenvalue weighted by Gasteiger charge is 2.13. The molecule has 0 bridgehead atoms. The molecule has 0 aliphatic carbocycles. The van der Waals surface area contributed by atoms with E-state index in [2.05, 4.69) is 20.4 Å². The van der Waals surface area contributed by atoms with Crippen LogP contribution < -0.4 is 5.32 Å². The summed E-state index contributed by atoms with van der Waals surface area (Å²) in [5.41, 5.74) is 1.54. The molecule has 0 fully saturated rings. The molecule has 8 heteroatoms. The Morgan fingerprint density at radius 2 is 2.30 bits per heavy atom. The number of aromatic nitrogens is 4. The minimum absolute atomic E-state index is 0.273. The summed E-state index contributed by atoms with van der Waals surface area (Å²) in [6, 6.07) is 3.56. The van der Waals surface area contributed by atoms with E-state index in [0.717, 1.165) is 5.69 Å². The van der Waals surface area contributed by atoms with Gasteiger partial charge in [0.05, 0.1) is 17.6 Å². The fourth-order valence-electron chi connectivity index (χ4n) is 1.64. The predicted molar refractivity (Wildman–Crippen MR) is 76.4 cm³/mol. The molecule has 0 unspecified atom stereocenters. The van der Waals surface area contributed by atoms with Crippen molar-refractivity contribution in [3.8, 4) is 5.69 Å². The number of carbonyl (C=O) groups excluding carboxylic acids is 1. The Bertz CT molecular complexity index is 740. The molecule has 1 amide bonds. The van der Waals surface area contributed by atoms with E-state index < -0.39 is 0 Å². The summed E-state index contributed by atoms with van der Waals surface area (Å²) in [5.74, 6) is -0.338. The average molecular weight is 306 g/mol. The lowest BCUT2D eigenvalue weighted by atomic mass is 10.3. The van der Waals surface area contributed by atoms with Gasteiger partial charge in [-0.05, 0) is 12.1 Å². The van der Waals surface area contributed by atoms with Crippen LogP contribution in [0.5, 0.6) is 0 Å². The third kappa shape index (κ3) is 2.54. The molecule has 0 spiro atoms. The normalized spacial score (nSPS) is 10.4. The van der Waals surface area contributed by atoms with Crippen LogP contribution in [-0.4, -0.2) is 25.7 Å². The van der Waals surface area contributed by atoms with Crippen molar-refractivity contribution < 1.29 is 4.79 Å². The van der Waals surface area contributed by atoms with Crippen LogP contribution in [0.15, 0.2) is 42.3 Å². The highest BCUT2D eigenvalue weighted by molar-refractivity contribution is 7.14. The van der Waals surface area contributed by atoms with Crippen LogP contribution in [0.4, 0.5) is 5.69 Å². The summed E-state index contributed by atoms with van der Waals surface area (Å²) < 4.78 is 1.97. The number of thiazole rings is 1. The molecular weight excluding hydrogens is 298 g/mol. The number of pyridine rings is 1. The zero-order valence-corrected chi connectivity index (χ0v) is 11.6. The Labute approximate surface area is 123 Å². The SMILES string of the molecule is O=C(Nc1cnccc1-n1cccn1)c1csc(Cl)n1. The molecule has 0 aromatic carbocycles. The molecule has 0 saturated heterocycles. The van der Waals surface area contributed by atoms with Crippen LogP contribution in [0.2, 0.25) is 4.47 Å². The zero-order valence-electron chi connectivity index (χ0n) is 10.0. The maximum Gasteiger partial charge on any atom is 0.275 e. The summed E-state index contributed by atoms with van der Waals surface area (Å²) in [6.45, 7) is 0. The van der Waals surface area contributed by atoms with Crippen molar-refractivity contribution in [1.82, 2.24) is 19.7 Å². The zero-order chi connectivity index (χ0) is 13.9. The summed E-state index contributed by atoms with van der Waals surface area (Å²) >= 11 is 6.93. The molecule has 3 aromatic heterocycles. The number of hydrogen-bond acceptors (Lipinski definition) is 5. The molecule has 3 aromatic rings. The van der Waals surface area contributed by atoms with Crippen LogP contribution in [0.25, 0.3) is 5.69 Å². The lowest BCUT2D eigenvalue weighted by Gasteiger charge is -2.09. The van der Waals surface area contributed by atoms with E-state index in [1.165, 1.54) is 11.3 Å². The van der Waals surface area contributed by atoms with Gasteiger partial charge in [0.2, 0.25) is 0 Å². The minimum Gasteiger partial charge on any atom is -0.317 e. The second-order valence-electron chi connectivity index (χ2n) is 3.78. The van der Waals surface area contributed by atoms with Crippen LogP contribution in [0, 0.1) is 0 Å². The number of hydrogen-bond donors (Lipinski definition) is 1. The van der Waals surface area contributed by atoms with E-state index in [-0.39, 0.29) is 11.6 Å². The third-order valence-electron chi connectivity index (χ3n) is 2.51. The van der Waals surface area contributed by atoms with Crippen molar-refractivity contribution in [2.75, 3.05) is 5.32 Å². The van der Waals surface area contributed by atoms with Crippen molar-refractivity contribution in [1.29, 1.82) is 0 Å². The van der Waals surface area contributed by atoms with E-state index in [9.17, 15) is 4.79 Å². The standard InChI is InChI=1S/C12H8ClN5OS/c13-12-17-9(7-20-12)11(19)16-8-6-14-4-2-10(8)18-5-1-3-15-18/h1-7H,(H,16,19). The fourth-order valence-corrected chi connectivity index (χ4v) is 2.38. The van der Waals surface area contributed by atoms with Crippen molar-refractivity contribution in [3.63, 3.8) is 0 Å². The quantitative estimate of drug-likeness (QED) is 0.807. The smallest absolute Gasteiger partial charge is 0.275 e. The molecule has 100 valence electrons. The number of nitrogens with one attached hydrogen (secondary N) is 1. The van der Waals surface area contributed by atoms with E-state index in [1.807, 2.05) is 0 Å². The van der Waals surface area contributed by atoms with Crippen molar-refractivity contribution in [2.45, 2.75) is 0 Å². The monoisotopic (exact) mass is 305 g/mol. The summed E-state index contributed by atoms with van der Waals surface area (Å²) in [4.78, 5) is 20.0. The molecule has 3 heterocycles. The van der Waals surface area contributed by atoms with Crippen LogP contribution >= 0.6 is 22.9 Å². The molecule has 1 N–H and O–H groups in total. The van der Waals surface area contributed by atoms with Crippen molar-refractivity contribution >= 4 is 34.5 Å². The molecule has 20 heavy (non-hydrogen) atoms. The second-order valence-corrected chi connectivity index (χ2v) is 5.22. The number of rotatable bonds is 3. The van der Waals surface area contributed by atoms with E-state index in [0.29, 0.717) is 10.2 Å².